The molecule has 2 aromatic rings. The molecule has 0 amide bonds. The summed E-state index contributed by atoms with van der Waals surface area (Å²) in [5, 5.41) is 3.33. The molecule has 2 aromatic carbocycles. The average molecular weight is 322 g/mol. The van der Waals surface area contributed by atoms with E-state index in [1.54, 1.807) is 13.0 Å². The fourth-order valence-corrected chi connectivity index (χ4v) is 2.23. The summed E-state index contributed by atoms with van der Waals surface area (Å²) in [6, 6.07) is 9.51. The molecule has 100 valence electrons. The van der Waals surface area contributed by atoms with Crippen molar-refractivity contribution in [3.63, 3.8) is 0 Å². The topological polar surface area (TPSA) is 12.0 Å². The summed E-state index contributed by atoms with van der Waals surface area (Å²) in [7, 11) is 0. The lowest BCUT2D eigenvalue weighted by Crippen LogP contribution is -2.01. The van der Waals surface area contributed by atoms with Gasteiger partial charge in [-0.25, -0.2) is 4.39 Å². The molecule has 0 radical (unpaired) electrons. The summed E-state index contributed by atoms with van der Waals surface area (Å²) < 4.78 is 14.6. The summed E-state index contributed by atoms with van der Waals surface area (Å²) in [5.74, 6) is -0.150. The minimum atomic E-state index is -0.150. The van der Waals surface area contributed by atoms with Gasteiger partial charge in [-0.3, -0.25) is 0 Å². The van der Waals surface area contributed by atoms with Gasteiger partial charge in [-0.2, -0.15) is 0 Å². The van der Waals surface area contributed by atoms with Crippen LogP contribution in [0.3, 0.4) is 0 Å². The fourth-order valence-electron chi connectivity index (χ4n) is 2.00. The summed E-state index contributed by atoms with van der Waals surface area (Å²) in [5.41, 5.74) is 5.06. The second-order valence-electron chi connectivity index (χ2n) is 4.86. The maximum atomic E-state index is 13.5. The SMILES string of the molecule is Cc1ccc(CNc2cc(C)c(Br)c(C)c2)cc1F. The molecule has 1 N–H and O–H groups in total. The molecular weight excluding hydrogens is 305 g/mol. The molecule has 0 fully saturated rings. The van der Waals surface area contributed by atoms with Crippen molar-refractivity contribution in [1.82, 2.24) is 0 Å². The summed E-state index contributed by atoms with van der Waals surface area (Å²) in [6.07, 6.45) is 0. The van der Waals surface area contributed by atoms with Gasteiger partial charge in [-0.1, -0.05) is 28.1 Å². The van der Waals surface area contributed by atoms with Crippen molar-refractivity contribution >= 4 is 21.6 Å². The predicted octanol–water partition coefficient (Wildman–Crippen LogP) is 5.13. The molecule has 0 atom stereocenters. The van der Waals surface area contributed by atoms with E-state index < -0.39 is 0 Å². The molecule has 0 aromatic heterocycles. The van der Waals surface area contributed by atoms with Gasteiger partial charge in [0.25, 0.3) is 0 Å². The first kappa shape index (κ1) is 14.1. The molecule has 0 aliphatic heterocycles. The highest BCUT2D eigenvalue weighted by Gasteiger charge is 2.03. The molecule has 2 rings (SSSR count). The largest absolute Gasteiger partial charge is 0.381 e. The van der Waals surface area contributed by atoms with E-state index >= 15 is 0 Å². The third-order valence-electron chi connectivity index (χ3n) is 3.17. The maximum absolute atomic E-state index is 13.5. The lowest BCUT2D eigenvalue weighted by atomic mass is 10.1. The number of hydrogen-bond acceptors (Lipinski definition) is 1. The quantitative estimate of drug-likeness (QED) is 0.826. The highest BCUT2D eigenvalue weighted by Crippen LogP contribution is 2.25. The average Bonchev–Trinajstić information content (AvgIpc) is 2.37. The van der Waals surface area contributed by atoms with Gasteiger partial charge in [0.15, 0.2) is 0 Å². The first-order chi connectivity index (χ1) is 8.97. The van der Waals surface area contributed by atoms with E-state index in [0.717, 1.165) is 15.7 Å². The smallest absolute Gasteiger partial charge is 0.126 e. The van der Waals surface area contributed by atoms with Crippen LogP contribution in [0.1, 0.15) is 22.3 Å². The molecular formula is C16H17BrFN. The van der Waals surface area contributed by atoms with Crippen LogP contribution in [0, 0.1) is 26.6 Å². The Balaban J connectivity index is 2.12. The fraction of sp³-hybridized carbons (Fsp3) is 0.250. The minimum absolute atomic E-state index is 0.150. The zero-order valence-electron chi connectivity index (χ0n) is 11.3. The monoisotopic (exact) mass is 321 g/mol. The molecule has 0 heterocycles. The third-order valence-corrected chi connectivity index (χ3v) is 4.42. The number of hydrogen-bond donors (Lipinski definition) is 1. The normalized spacial score (nSPS) is 10.6. The number of benzene rings is 2. The lowest BCUT2D eigenvalue weighted by molar-refractivity contribution is 0.616. The van der Waals surface area contributed by atoms with E-state index in [2.05, 4.69) is 47.2 Å². The van der Waals surface area contributed by atoms with Crippen LogP contribution in [-0.2, 0) is 6.54 Å². The minimum Gasteiger partial charge on any atom is -0.381 e. The van der Waals surface area contributed by atoms with E-state index in [1.807, 2.05) is 12.1 Å². The highest BCUT2D eigenvalue weighted by atomic mass is 79.9. The van der Waals surface area contributed by atoms with Crippen LogP contribution in [0.2, 0.25) is 0 Å². The molecule has 19 heavy (non-hydrogen) atoms. The second kappa shape index (κ2) is 5.74. The van der Waals surface area contributed by atoms with E-state index in [0.29, 0.717) is 12.1 Å². The first-order valence-electron chi connectivity index (χ1n) is 6.23. The van der Waals surface area contributed by atoms with Crippen LogP contribution in [0.4, 0.5) is 10.1 Å². The molecule has 1 nitrogen and oxygen atoms in total. The van der Waals surface area contributed by atoms with Crippen LogP contribution in [0.5, 0.6) is 0 Å². The van der Waals surface area contributed by atoms with Crippen molar-refractivity contribution in [3.8, 4) is 0 Å². The third kappa shape index (κ3) is 3.35. The molecule has 0 saturated heterocycles. The van der Waals surface area contributed by atoms with Gasteiger partial charge < -0.3 is 5.32 Å². The molecule has 0 aliphatic rings. The van der Waals surface area contributed by atoms with Crippen molar-refractivity contribution < 1.29 is 4.39 Å². The maximum Gasteiger partial charge on any atom is 0.126 e. The predicted molar refractivity (Wildman–Crippen MR) is 82.1 cm³/mol. The number of rotatable bonds is 3. The molecule has 0 spiro atoms. The van der Waals surface area contributed by atoms with Crippen LogP contribution >= 0.6 is 15.9 Å². The molecule has 0 bridgehead atoms. The number of nitrogens with one attached hydrogen (secondary N) is 1. The Morgan fingerprint density at radius 3 is 2.21 bits per heavy atom. The van der Waals surface area contributed by atoms with Gasteiger partial charge in [0.1, 0.15) is 5.82 Å². The van der Waals surface area contributed by atoms with Gasteiger partial charge in [0.2, 0.25) is 0 Å². The van der Waals surface area contributed by atoms with Crippen molar-refractivity contribution in [3.05, 3.63) is 62.9 Å². The van der Waals surface area contributed by atoms with Crippen LogP contribution in [-0.4, -0.2) is 0 Å². The van der Waals surface area contributed by atoms with E-state index in [4.69, 9.17) is 0 Å². The number of aryl methyl sites for hydroxylation is 3. The number of anilines is 1. The van der Waals surface area contributed by atoms with Crippen molar-refractivity contribution in [2.45, 2.75) is 27.3 Å². The van der Waals surface area contributed by atoms with E-state index in [-0.39, 0.29) is 5.82 Å². The Labute approximate surface area is 122 Å². The van der Waals surface area contributed by atoms with Gasteiger partial charge in [-0.05, 0) is 61.2 Å². The van der Waals surface area contributed by atoms with E-state index in [9.17, 15) is 4.39 Å². The summed E-state index contributed by atoms with van der Waals surface area (Å²) >= 11 is 3.55. The van der Waals surface area contributed by atoms with Gasteiger partial charge in [0, 0.05) is 16.7 Å². The Morgan fingerprint density at radius 2 is 1.63 bits per heavy atom. The highest BCUT2D eigenvalue weighted by molar-refractivity contribution is 9.10. The van der Waals surface area contributed by atoms with Gasteiger partial charge in [0.05, 0.1) is 0 Å². The zero-order chi connectivity index (χ0) is 14.0. The summed E-state index contributed by atoms with van der Waals surface area (Å²) in [6.45, 7) is 6.52. The van der Waals surface area contributed by atoms with Crippen molar-refractivity contribution in [1.29, 1.82) is 0 Å². The Kier molecular flexibility index (Phi) is 4.25. The van der Waals surface area contributed by atoms with Gasteiger partial charge >= 0.3 is 0 Å². The molecule has 3 heteroatoms. The first-order valence-corrected chi connectivity index (χ1v) is 7.02. The van der Waals surface area contributed by atoms with Crippen molar-refractivity contribution in [2.75, 3.05) is 5.32 Å². The summed E-state index contributed by atoms with van der Waals surface area (Å²) in [4.78, 5) is 0. The molecule has 0 unspecified atom stereocenters. The Bertz CT molecular complexity index is 585. The Morgan fingerprint density at radius 1 is 1.00 bits per heavy atom. The van der Waals surface area contributed by atoms with E-state index in [1.165, 1.54) is 11.1 Å². The van der Waals surface area contributed by atoms with Crippen molar-refractivity contribution in [2.24, 2.45) is 0 Å². The standard InChI is InChI=1S/C16H17BrFN/c1-10-4-5-13(8-15(10)18)9-19-14-6-11(2)16(17)12(3)7-14/h4-8,19H,9H2,1-3H3. The van der Waals surface area contributed by atoms with Crippen LogP contribution < -0.4 is 5.32 Å². The molecule has 0 aliphatic carbocycles. The Hall–Kier alpha value is -1.35. The van der Waals surface area contributed by atoms with Gasteiger partial charge in [-0.15, -0.1) is 0 Å². The lowest BCUT2D eigenvalue weighted by Gasteiger charge is -2.11. The molecule has 0 saturated carbocycles. The number of halogens is 2. The second-order valence-corrected chi connectivity index (χ2v) is 5.65. The van der Waals surface area contributed by atoms with Crippen LogP contribution in [0.25, 0.3) is 0 Å². The zero-order valence-corrected chi connectivity index (χ0v) is 12.9. The van der Waals surface area contributed by atoms with Crippen LogP contribution in [0.15, 0.2) is 34.8 Å².